The zero-order valence-electron chi connectivity index (χ0n) is 9.13. The molecule has 0 spiro atoms. The van der Waals surface area contributed by atoms with Gasteiger partial charge in [-0.15, -0.1) is 0 Å². The summed E-state index contributed by atoms with van der Waals surface area (Å²) in [6, 6.07) is 4.22. The van der Waals surface area contributed by atoms with Crippen LogP contribution in [0, 0.1) is 11.3 Å². The average Bonchev–Trinajstić information content (AvgIpc) is 2.59. The minimum atomic E-state index is 0.248. The first-order valence-electron chi connectivity index (χ1n) is 5.10. The predicted molar refractivity (Wildman–Crippen MR) is 58.2 cm³/mol. The smallest absolute Gasteiger partial charge is 0.146 e. The Morgan fingerprint density at radius 3 is 2.87 bits per heavy atom. The first-order chi connectivity index (χ1) is 7.13. The zero-order chi connectivity index (χ0) is 11.0. The van der Waals surface area contributed by atoms with Crippen LogP contribution in [-0.4, -0.2) is 4.98 Å². The van der Waals surface area contributed by atoms with E-state index in [0.717, 1.165) is 5.82 Å². The molecule has 4 heteroatoms. The fraction of sp³-hybridized carbons (Fsp3) is 0.455. The first-order valence-corrected chi connectivity index (χ1v) is 5.10. The molecule has 1 aromatic heterocycles. The van der Waals surface area contributed by atoms with Crippen LogP contribution >= 0.6 is 0 Å². The van der Waals surface area contributed by atoms with Gasteiger partial charge in [-0.25, -0.2) is 10.4 Å². The van der Waals surface area contributed by atoms with Gasteiger partial charge in [0.05, 0.1) is 6.04 Å². The van der Waals surface area contributed by atoms with E-state index in [4.69, 9.17) is 5.26 Å². The Kier molecular flexibility index (Phi) is 2.33. The second kappa shape index (κ2) is 3.52. The van der Waals surface area contributed by atoms with Crippen molar-refractivity contribution in [3.8, 4) is 6.07 Å². The molecule has 0 aliphatic carbocycles. The molecule has 0 bridgehead atoms. The topological polar surface area (TPSA) is 60.7 Å². The van der Waals surface area contributed by atoms with E-state index in [1.807, 2.05) is 6.07 Å². The fourth-order valence-corrected chi connectivity index (χ4v) is 1.91. The number of aromatic nitrogens is 1. The van der Waals surface area contributed by atoms with Crippen LogP contribution in [-0.2, 0) is 0 Å². The van der Waals surface area contributed by atoms with E-state index < -0.39 is 0 Å². The Hall–Kier alpha value is -1.60. The summed E-state index contributed by atoms with van der Waals surface area (Å²) in [5.41, 5.74) is 8.97. The van der Waals surface area contributed by atoms with Crippen molar-refractivity contribution in [2.45, 2.75) is 32.7 Å². The SMILES string of the molecule is CC(C)c1cc(C#N)nc2c1C(C)NN2. The van der Waals surface area contributed by atoms with E-state index in [0.29, 0.717) is 11.6 Å². The Balaban J connectivity index is 2.62. The molecule has 1 unspecified atom stereocenters. The van der Waals surface area contributed by atoms with Crippen LogP contribution in [0.2, 0.25) is 0 Å². The molecule has 4 nitrogen and oxygen atoms in total. The van der Waals surface area contributed by atoms with Crippen LogP contribution in [0.25, 0.3) is 0 Å². The molecule has 0 fully saturated rings. The second-order valence-electron chi connectivity index (χ2n) is 4.12. The molecule has 2 N–H and O–H groups in total. The lowest BCUT2D eigenvalue weighted by atomic mass is 9.94. The van der Waals surface area contributed by atoms with E-state index in [-0.39, 0.29) is 6.04 Å². The van der Waals surface area contributed by atoms with Crippen molar-refractivity contribution >= 4 is 5.82 Å². The maximum Gasteiger partial charge on any atom is 0.146 e. The van der Waals surface area contributed by atoms with Gasteiger partial charge in [0.2, 0.25) is 0 Å². The third kappa shape index (κ3) is 1.55. The molecule has 1 aromatic rings. The van der Waals surface area contributed by atoms with E-state index in [1.54, 1.807) is 0 Å². The lowest BCUT2D eigenvalue weighted by Gasteiger charge is -2.13. The van der Waals surface area contributed by atoms with Gasteiger partial charge in [-0.3, -0.25) is 0 Å². The van der Waals surface area contributed by atoms with Gasteiger partial charge in [0.15, 0.2) is 0 Å². The van der Waals surface area contributed by atoms with Gasteiger partial charge in [-0.1, -0.05) is 13.8 Å². The van der Waals surface area contributed by atoms with Gasteiger partial charge in [-0.2, -0.15) is 5.26 Å². The number of hydrazine groups is 1. The molecule has 2 heterocycles. The van der Waals surface area contributed by atoms with Gasteiger partial charge < -0.3 is 5.43 Å². The van der Waals surface area contributed by atoms with Crippen LogP contribution in [0.15, 0.2) is 6.07 Å². The van der Waals surface area contributed by atoms with E-state index in [2.05, 4.69) is 42.7 Å². The predicted octanol–water partition coefficient (Wildman–Crippen LogP) is 2.07. The van der Waals surface area contributed by atoms with Gasteiger partial charge in [0.25, 0.3) is 0 Å². The van der Waals surface area contributed by atoms with Gasteiger partial charge >= 0.3 is 0 Å². The molecule has 1 aliphatic rings. The summed E-state index contributed by atoms with van der Waals surface area (Å²) in [5.74, 6) is 1.20. The fourth-order valence-electron chi connectivity index (χ4n) is 1.91. The molecule has 0 amide bonds. The molecular formula is C11H14N4. The molecule has 0 radical (unpaired) electrons. The van der Waals surface area contributed by atoms with E-state index >= 15 is 0 Å². The summed E-state index contributed by atoms with van der Waals surface area (Å²) in [7, 11) is 0. The van der Waals surface area contributed by atoms with Crippen molar-refractivity contribution in [3.63, 3.8) is 0 Å². The zero-order valence-corrected chi connectivity index (χ0v) is 9.13. The van der Waals surface area contributed by atoms with Crippen molar-refractivity contribution in [3.05, 3.63) is 22.9 Å². The number of nitriles is 1. The maximum atomic E-state index is 8.88. The monoisotopic (exact) mass is 202 g/mol. The van der Waals surface area contributed by atoms with Crippen molar-refractivity contribution in [1.29, 1.82) is 5.26 Å². The lowest BCUT2D eigenvalue weighted by Crippen LogP contribution is -2.16. The van der Waals surface area contributed by atoms with E-state index in [9.17, 15) is 0 Å². The first kappa shape index (κ1) is 9.94. The summed E-state index contributed by atoms with van der Waals surface area (Å²) in [4.78, 5) is 4.23. The van der Waals surface area contributed by atoms with Crippen LogP contribution in [0.3, 0.4) is 0 Å². The van der Waals surface area contributed by atoms with Crippen molar-refractivity contribution in [2.24, 2.45) is 0 Å². The highest BCUT2D eigenvalue weighted by Gasteiger charge is 2.24. The number of pyridine rings is 1. The molecule has 2 rings (SSSR count). The number of fused-ring (bicyclic) bond motifs is 1. The maximum absolute atomic E-state index is 8.88. The Bertz CT molecular complexity index is 431. The lowest BCUT2D eigenvalue weighted by molar-refractivity contribution is 0.674. The van der Waals surface area contributed by atoms with Gasteiger partial charge in [-0.05, 0) is 24.5 Å². The van der Waals surface area contributed by atoms with Crippen molar-refractivity contribution < 1.29 is 0 Å². The highest BCUT2D eigenvalue weighted by Crippen LogP contribution is 2.33. The standard InChI is InChI=1S/C11H14N4/c1-6(2)9-4-8(5-12)13-11-10(9)7(3)14-15-11/h4,6-7,14H,1-3H3,(H,13,15). The number of anilines is 1. The van der Waals surface area contributed by atoms with Crippen LogP contribution in [0.4, 0.5) is 5.82 Å². The Labute approximate surface area is 89.3 Å². The van der Waals surface area contributed by atoms with Crippen LogP contribution < -0.4 is 10.9 Å². The summed E-state index contributed by atoms with van der Waals surface area (Å²) >= 11 is 0. The number of nitrogens with zero attached hydrogens (tertiary/aromatic N) is 2. The molecule has 15 heavy (non-hydrogen) atoms. The molecule has 0 saturated heterocycles. The highest BCUT2D eigenvalue weighted by molar-refractivity contribution is 5.56. The number of nitrogens with one attached hydrogen (secondary N) is 2. The van der Waals surface area contributed by atoms with Crippen molar-refractivity contribution in [2.75, 3.05) is 5.43 Å². The minimum absolute atomic E-state index is 0.248. The average molecular weight is 202 g/mol. The van der Waals surface area contributed by atoms with E-state index in [1.165, 1.54) is 11.1 Å². The highest BCUT2D eigenvalue weighted by atomic mass is 15.4. The number of hydrogen-bond donors (Lipinski definition) is 2. The summed E-state index contributed by atoms with van der Waals surface area (Å²) in [5, 5.41) is 8.88. The Morgan fingerprint density at radius 1 is 1.53 bits per heavy atom. The van der Waals surface area contributed by atoms with Gasteiger partial charge in [0, 0.05) is 5.56 Å². The summed E-state index contributed by atoms with van der Waals surface area (Å²) in [6.07, 6.45) is 0. The normalized spacial score (nSPS) is 18.5. The molecule has 0 saturated carbocycles. The quantitative estimate of drug-likeness (QED) is 0.731. The summed E-state index contributed by atoms with van der Waals surface area (Å²) < 4.78 is 0. The number of hydrogen-bond acceptors (Lipinski definition) is 4. The Morgan fingerprint density at radius 2 is 2.27 bits per heavy atom. The minimum Gasteiger partial charge on any atom is -0.305 e. The molecule has 1 atom stereocenters. The third-order valence-corrected chi connectivity index (χ3v) is 2.67. The number of rotatable bonds is 1. The molecule has 78 valence electrons. The largest absolute Gasteiger partial charge is 0.305 e. The van der Waals surface area contributed by atoms with Crippen LogP contribution in [0.1, 0.15) is 49.6 Å². The molecule has 0 aromatic carbocycles. The van der Waals surface area contributed by atoms with Crippen molar-refractivity contribution in [1.82, 2.24) is 10.4 Å². The van der Waals surface area contributed by atoms with Gasteiger partial charge in [0.1, 0.15) is 17.6 Å². The molecular weight excluding hydrogens is 188 g/mol. The second-order valence-corrected chi connectivity index (χ2v) is 4.12. The van der Waals surface area contributed by atoms with Crippen LogP contribution in [0.5, 0.6) is 0 Å². The third-order valence-electron chi connectivity index (χ3n) is 2.67. The summed E-state index contributed by atoms with van der Waals surface area (Å²) in [6.45, 7) is 6.34. The molecule has 1 aliphatic heterocycles.